The Hall–Kier alpha value is -1.78. The van der Waals surface area contributed by atoms with E-state index in [-0.39, 0.29) is 10.6 Å². The summed E-state index contributed by atoms with van der Waals surface area (Å²) in [5, 5.41) is 15.1. The molecule has 0 aliphatic heterocycles. The summed E-state index contributed by atoms with van der Waals surface area (Å²) in [4.78, 5) is 10.5. The molecule has 20 heavy (non-hydrogen) atoms. The van der Waals surface area contributed by atoms with Crippen LogP contribution in [0, 0.1) is 17.0 Å². The lowest BCUT2D eigenvalue weighted by atomic mass is 10.1. The van der Waals surface area contributed by atoms with Crippen molar-refractivity contribution in [1.29, 1.82) is 0 Å². The fraction of sp³-hybridized carbons (Fsp3) is 0.143. The molecule has 0 radical (unpaired) electrons. The molecule has 0 heterocycles. The van der Waals surface area contributed by atoms with Crippen molar-refractivity contribution in [1.82, 2.24) is 0 Å². The molecular formula is C14H12Cl2N2O2. The second kappa shape index (κ2) is 6.11. The monoisotopic (exact) mass is 310 g/mol. The van der Waals surface area contributed by atoms with Crippen molar-refractivity contribution in [2.24, 2.45) is 0 Å². The van der Waals surface area contributed by atoms with Crippen LogP contribution in [-0.2, 0) is 6.54 Å². The topological polar surface area (TPSA) is 55.2 Å². The zero-order valence-electron chi connectivity index (χ0n) is 10.7. The predicted octanol–water partition coefficient (Wildman–Crippen LogP) is 4.82. The summed E-state index contributed by atoms with van der Waals surface area (Å²) in [5.74, 6) is 0. The molecule has 0 aliphatic rings. The normalized spacial score (nSPS) is 10.3. The summed E-state index contributed by atoms with van der Waals surface area (Å²) in [5.41, 5.74) is 2.36. The van der Waals surface area contributed by atoms with Gasteiger partial charge in [-0.3, -0.25) is 10.1 Å². The van der Waals surface area contributed by atoms with Crippen LogP contribution in [0.2, 0.25) is 10.0 Å². The van der Waals surface area contributed by atoms with Gasteiger partial charge in [0.1, 0.15) is 0 Å². The lowest BCUT2D eigenvalue weighted by molar-refractivity contribution is -0.385. The quantitative estimate of drug-likeness (QED) is 0.650. The van der Waals surface area contributed by atoms with E-state index in [0.29, 0.717) is 22.2 Å². The van der Waals surface area contributed by atoms with Gasteiger partial charge in [-0.25, -0.2) is 0 Å². The third-order valence-corrected chi connectivity index (χ3v) is 3.56. The first kappa shape index (κ1) is 14.6. The molecule has 2 rings (SSSR count). The van der Waals surface area contributed by atoms with Gasteiger partial charge in [0, 0.05) is 23.2 Å². The number of nitro benzene ring substituents is 1. The molecule has 0 fully saturated rings. The molecule has 0 atom stereocenters. The number of nitrogens with zero attached hydrogens (tertiary/aromatic N) is 1. The third kappa shape index (κ3) is 3.21. The maximum absolute atomic E-state index is 10.9. The molecule has 4 nitrogen and oxygen atoms in total. The van der Waals surface area contributed by atoms with E-state index in [1.807, 2.05) is 6.07 Å². The van der Waals surface area contributed by atoms with Crippen LogP contribution in [0.4, 0.5) is 11.4 Å². The third-order valence-electron chi connectivity index (χ3n) is 3.01. The number of nitrogens with one attached hydrogen (secondary N) is 1. The molecule has 0 bridgehead atoms. The van der Waals surface area contributed by atoms with Crippen molar-refractivity contribution in [3.8, 4) is 0 Å². The van der Waals surface area contributed by atoms with E-state index >= 15 is 0 Å². The molecule has 2 aromatic rings. The Kier molecular flexibility index (Phi) is 4.47. The van der Waals surface area contributed by atoms with Crippen molar-refractivity contribution in [3.63, 3.8) is 0 Å². The van der Waals surface area contributed by atoms with Gasteiger partial charge in [0.05, 0.1) is 15.6 Å². The van der Waals surface area contributed by atoms with Crippen LogP contribution in [0.25, 0.3) is 0 Å². The van der Waals surface area contributed by atoms with Gasteiger partial charge >= 0.3 is 0 Å². The second-order valence-electron chi connectivity index (χ2n) is 4.30. The van der Waals surface area contributed by atoms with Gasteiger partial charge in [-0.1, -0.05) is 35.3 Å². The Bertz CT molecular complexity index is 660. The zero-order valence-corrected chi connectivity index (χ0v) is 12.2. The van der Waals surface area contributed by atoms with Crippen LogP contribution in [0.5, 0.6) is 0 Å². The van der Waals surface area contributed by atoms with E-state index < -0.39 is 0 Å². The number of hydrogen-bond acceptors (Lipinski definition) is 3. The maximum atomic E-state index is 10.9. The van der Waals surface area contributed by atoms with E-state index in [0.717, 1.165) is 11.3 Å². The average Bonchev–Trinajstić information content (AvgIpc) is 2.39. The maximum Gasteiger partial charge on any atom is 0.272 e. The molecule has 2 aromatic carbocycles. The summed E-state index contributed by atoms with van der Waals surface area (Å²) >= 11 is 11.9. The van der Waals surface area contributed by atoms with Crippen LogP contribution in [-0.4, -0.2) is 4.92 Å². The summed E-state index contributed by atoms with van der Waals surface area (Å²) in [6.45, 7) is 2.19. The minimum atomic E-state index is -0.381. The Morgan fingerprint density at radius 2 is 2.00 bits per heavy atom. The first-order valence-electron chi connectivity index (χ1n) is 5.91. The average molecular weight is 311 g/mol. The van der Waals surface area contributed by atoms with Gasteiger partial charge in [-0.15, -0.1) is 0 Å². The van der Waals surface area contributed by atoms with E-state index in [9.17, 15) is 10.1 Å². The summed E-state index contributed by atoms with van der Waals surface area (Å²) in [6, 6.07) is 10.2. The highest BCUT2D eigenvalue weighted by Crippen LogP contribution is 2.27. The Labute approximate surface area is 126 Å². The number of benzene rings is 2. The zero-order chi connectivity index (χ0) is 14.7. The van der Waals surface area contributed by atoms with Crippen LogP contribution >= 0.6 is 23.2 Å². The highest BCUT2D eigenvalue weighted by Gasteiger charge is 2.13. The standard InChI is InChI=1S/C14H12Cl2N2O2/c1-9-10(3-2-4-14(9)18(19)20)8-17-13-6-5-11(15)7-12(13)16/h2-7,17H,8H2,1H3. The van der Waals surface area contributed by atoms with Gasteiger partial charge in [0.15, 0.2) is 0 Å². The van der Waals surface area contributed by atoms with Gasteiger partial charge < -0.3 is 5.32 Å². The fourth-order valence-corrected chi connectivity index (χ4v) is 2.36. The number of hydrogen-bond donors (Lipinski definition) is 1. The highest BCUT2D eigenvalue weighted by molar-refractivity contribution is 6.36. The first-order chi connectivity index (χ1) is 9.49. The van der Waals surface area contributed by atoms with Gasteiger partial charge in [-0.05, 0) is 30.7 Å². The van der Waals surface area contributed by atoms with Gasteiger partial charge in [-0.2, -0.15) is 0 Å². The molecule has 0 aliphatic carbocycles. The Morgan fingerprint density at radius 3 is 2.65 bits per heavy atom. The van der Waals surface area contributed by atoms with Gasteiger partial charge in [0.25, 0.3) is 5.69 Å². The minimum Gasteiger partial charge on any atom is -0.380 e. The molecule has 1 N–H and O–H groups in total. The van der Waals surface area contributed by atoms with Crippen LogP contribution in [0.15, 0.2) is 36.4 Å². The van der Waals surface area contributed by atoms with Crippen molar-refractivity contribution in [2.45, 2.75) is 13.5 Å². The molecule has 0 spiro atoms. The molecule has 0 aromatic heterocycles. The number of anilines is 1. The van der Waals surface area contributed by atoms with E-state index in [2.05, 4.69) is 5.32 Å². The van der Waals surface area contributed by atoms with Gasteiger partial charge in [0.2, 0.25) is 0 Å². The van der Waals surface area contributed by atoms with E-state index in [1.165, 1.54) is 6.07 Å². The molecule has 104 valence electrons. The highest BCUT2D eigenvalue weighted by atomic mass is 35.5. The Balaban J connectivity index is 2.19. The van der Waals surface area contributed by atoms with E-state index in [1.54, 1.807) is 31.2 Å². The van der Waals surface area contributed by atoms with Crippen molar-refractivity contribution >= 4 is 34.6 Å². The van der Waals surface area contributed by atoms with Crippen molar-refractivity contribution in [3.05, 3.63) is 67.7 Å². The van der Waals surface area contributed by atoms with E-state index in [4.69, 9.17) is 23.2 Å². The summed E-state index contributed by atoms with van der Waals surface area (Å²) < 4.78 is 0. The lowest BCUT2D eigenvalue weighted by Crippen LogP contribution is -2.03. The van der Waals surface area contributed by atoms with Crippen LogP contribution < -0.4 is 5.32 Å². The summed E-state index contributed by atoms with van der Waals surface area (Å²) in [6.07, 6.45) is 0. The smallest absolute Gasteiger partial charge is 0.272 e. The van der Waals surface area contributed by atoms with Crippen LogP contribution in [0.1, 0.15) is 11.1 Å². The number of halogens is 2. The number of nitro groups is 1. The lowest BCUT2D eigenvalue weighted by Gasteiger charge is -2.10. The van der Waals surface area contributed by atoms with Crippen molar-refractivity contribution < 1.29 is 4.92 Å². The fourth-order valence-electron chi connectivity index (χ4n) is 1.88. The second-order valence-corrected chi connectivity index (χ2v) is 5.14. The first-order valence-corrected chi connectivity index (χ1v) is 6.66. The predicted molar refractivity (Wildman–Crippen MR) is 81.6 cm³/mol. The Morgan fingerprint density at radius 1 is 1.25 bits per heavy atom. The SMILES string of the molecule is Cc1c(CNc2ccc(Cl)cc2Cl)cccc1[N+](=O)[O-]. The number of rotatable bonds is 4. The molecule has 0 saturated heterocycles. The molecule has 0 saturated carbocycles. The molecule has 0 amide bonds. The molecule has 6 heteroatoms. The van der Waals surface area contributed by atoms with Crippen molar-refractivity contribution in [2.75, 3.05) is 5.32 Å². The molecule has 0 unspecified atom stereocenters. The summed E-state index contributed by atoms with van der Waals surface area (Å²) in [7, 11) is 0. The molecular weight excluding hydrogens is 299 g/mol. The minimum absolute atomic E-state index is 0.117. The van der Waals surface area contributed by atoms with Crippen LogP contribution in [0.3, 0.4) is 0 Å². The largest absolute Gasteiger partial charge is 0.380 e.